The van der Waals surface area contributed by atoms with E-state index in [1.165, 1.54) is 37.7 Å². The molecule has 16 heavy (non-hydrogen) atoms. The second-order valence-corrected chi connectivity index (χ2v) is 5.42. The third-order valence-electron chi connectivity index (χ3n) is 3.20. The highest BCUT2D eigenvalue weighted by Gasteiger charge is 2.11. The van der Waals surface area contributed by atoms with E-state index < -0.39 is 0 Å². The van der Waals surface area contributed by atoms with Crippen LogP contribution in [0, 0.1) is 6.42 Å². The smallest absolute Gasteiger partial charge is 0.0178 e. The van der Waals surface area contributed by atoms with Crippen LogP contribution >= 0.6 is 15.9 Å². The summed E-state index contributed by atoms with van der Waals surface area (Å²) in [7, 11) is 0. The molecule has 0 saturated heterocycles. The van der Waals surface area contributed by atoms with Gasteiger partial charge in [-0.3, -0.25) is 0 Å². The lowest BCUT2D eigenvalue weighted by molar-refractivity contribution is 0.383. The summed E-state index contributed by atoms with van der Waals surface area (Å²) in [5.74, 6) is 0. The Labute approximate surface area is 107 Å². The highest BCUT2D eigenvalue weighted by Crippen LogP contribution is 2.17. The Balaban J connectivity index is 1.71. The molecule has 0 unspecified atom stereocenters. The molecule has 1 saturated carbocycles. The summed E-state index contributed by atoms with van der Waals surface area (Å²) in [5, 5.41) is 3.62. The lowest BCUT2D eigenvalue weighted by Gasteiger charge is -2.22. The van der Waals surface area contributed by atoms with E-state index in [0.717, 1.165) is 17.1 Å². The lowest BCUT2D eigenvalue weighted by Crippen LogP contribution is -2.31. The lowest BCUT2D eigenvalue weighted by atomic mass is 9.95. The van der Waals surface area contributed by atoms with E-state index >= 15 is 0 Å². The molecule has 0 atom stereocenters. The first-order chi connectivity index (χ1) is 7.84. The number of hydrogen-bond acceptors (Lipinski definition) is 1. The van der Waals surface area contributed by atoms with E-state index in [0.29, 0.717) is 0 Å². The number of benzene rings is 1. The first-order valence-electron chi connectivity index (χ1n) is 6.17. The number of halogens is 1. The van der Waals surface area contributed by atoms with Crippen LogP contribution in [0.1, 0.15) is 37.7 Å². The van der Waals surface area contributed by atoms with Gasteiger partial charge in [0.2, 0.25) is 0 Å². The third-order valence-corrected chi connectivity index (χ3v) is 3.69. The quantitative estimate of drug-likeness (QED) is 0.882. The summed E-state index contributed by atoms with van der Waals surface area (Å²) in [5.41, 5.74) is 1.29. The first kappa shape index (κ1) is 12.1. The first-order valence-corrected chi connectivity index (χ1v) is 6.96. The molecule has 87 valence electrons. The van der Waals surface area contributed by atoms with Crippen LogP contribution in [0.4, 0.5) is 0 Å². The molecule has 0 aromatic heterocycles. The van der Waals surface area contributed by atoms with Gasteiger partial charge < -0.3 is 5.32 Å². The molecular weight excluding hydrogens is 262 g/mol. The zero-order chi connectivity index (χ0) is 11.2. The van der Waals surface area contributed by atoms with Gasteiger partial charge in [0, 0.05) is 23.5 Å². The van der Waals surface area contributed by atoms with Gasteiger partial charge in [0.05, 0.1) is 0 Å². The molecule has 1 aromatic carbocycles. The van der Waals surface area contributed by atoms with Gasteiger partial charge in [-0.1, -0.05) is 47.3 Å². The predicted molar refractivity (Wildman–Crippen MR) is 72.4 cm³/mol. The van der Waals surface area contributed by atoms with Gasteiger partial charge in [-0.15, -0.1) is 0 Å². The molecule has 1 N–H and O–H groups in total. The maximum absolute atomic E-state index is 3.62. The maximum atomic E-state index is 3.62. The Kier molecular flexibility index (Phi) is 4.86. The van der Waals surface area contributed by atoms with Gasteiger partial charge in [0.25, 0.3) is 0 Å². The summed E-state index contributed by atoms with van der Waals surface area (Å²) in [6.45, 7) is 0.987. The predicted octanol–water partition coefficient (Wildman–Crippen LogP) is 3.92. The number of hydrogen-bond donors (Lipinski definition) is 1. The minimum absolute atomic E-state index is 0.747. The fraction of sp³-hybridized carbons (Fsp3) is 0.500. The molecule has 1 radical (unpaired) electrons. The molecule has 0 amide bonds. The van der Waals surface area contributed by atoms with Crippen molar-refractivity contribution < 1.29 is 0 Å². The zero-order valence-electron chi connectivity index (χ0n) is 9.58. The highest BCUT2D eigenvalue weighted by atomic mass is 79.9. The standard InChI is InChI=1S/C14H19BrN/c15-13-6-4-5-12(11-13)9-10-16-14-7-2-1-3-8-14/h4-6,9,11,14,16H,1-3,7-8,10H2. The molecule has 0 bridgehead atoms. The molecule has 0 heterocycles. The summed E-state index contributed by atoms with van der Waals surface area (Å²) in [4.78, 5) is 0. The topological polar surface area (TPSA) is 12.0 Å². The highest BCUT2D eigenvalue weighted by molar-refractivity contribution is 9.10. The van der Waals surface area contributed by atoms with Crippen molar-refractivity contribution in [1.29, 1.82) is 0 Å². The molecule has 1 aliphatic carbocycles. The van der Waals surface area contributed by atoms with E-state index in [2.05, 4.69) is 51.9 Å². The van der Waals surface area contributed by atoms with E-state index in [9.17, 15) is 0 Å². The molecule has 1 fully saturated rings. The monoisotopic (exact) mass is 280 g/mol. The van der Waals surface area contributed by atoms with E-state index in [-0.39, 0.29) is 0 Å². The average molecular weight is 281 g/mol. The summed E-state index contributed by atoms with van der Waals surface area (Å²) < 4.78 is 1.15. The van der Waals surface area contributed by atoms with Crippen LogP contribution in [0.5, 0.6) is 0 Å². The van der Waals surface area contributed by atoms with Gasteiger partial charge in [-0.05, 0) is 30.5 Å². The zero-order valence-corrected chi connectivity index (χ0v) is 11.2. The van der Waals surface area contributed by atoms with Gasteiger partial charge in [0.15, 0.2) is 0 Å². The van der Waals surface area contributed by atoms with Crippen molar-refractivity contribution in [2.45, 2.75) is 38.1 Å². The van der Waals surface area contributed by atoms with Crippen molar-refractivity contribution in [2.24, 2.45) is 0 Å². The molecular formula is C14H19BrN. The Bertz CT molecular complexity index is 318. The molecule has 2 rings (SSSR count). The minimum Gasteiger partial charge on any atom is -0.313 e. The van der Waals surface area contributed by atoms with E-state index in [1.54, 1.807) is 0 Å². The van der Waals surface area contributed by atoms with Crippen molar-refractivity contribution in [3.63, 3.8) is 0 Å². The van der Waals surface area contributed by atoms with Gasteiger partial charge in [-0.25, -0.2) is 0 Å². The van der Waals surface area contributed by atoms with Crippen LogP contribution in [-0.4, -0.2) is 12.6 Å². The van der Waals surface area contributed by atoms with Crippen molar-refractivity contribution in [2.75, 3.05) is 6.54 Å². The van der Waals surface area contributed by atoms with E-state index in [1.807, 2.05) is 0 Å². The second kappa shape index (κ2) is 6.41. The van der Waals surface area contributed by atoms with Gasteiger partial charge in [0.1, 0.15) is 0 Å². The van der Waals surface area contributed by atoms with Crippen LogP contribution in [0.2, 0.25) is 0 Å². The molecule has 0 aliphatic heterocycles. The Hall–Kier alpha value is -0.340. The summed E-state index contributed by atoms with van der Waals surface area (Å²) in [6, 6.07) is 9.19. The van der Waals surface area contributed by atoms with Crippen LogP contribution in [0.3, 0.4) is 0 Å². The van der Waals surface area contributed by atoms with Crippen LogP contribution in [0.25, 0.3) is 0 Å². The van der Waals surface area contributed by atoms with Crippen molar-refractivity contribution in [1.82, 2.24) is 5.32 Å². The van der Waals surface area contributed by atoms with Crippen LogP contribution in [-0.2, 0) is 0 Å². The normalized spacial score (nSPS) is 17.6. The fourth-order valence-corrected chi connectivity index (χ4v) is 2.70. The van der Waals surface area contributed by atoms with Crippen molar-refractivity contribution in [3.05, 3.63) is 40.7 Å². The van der Waals surface area contributed by atoms with Crippen molar-refractivity contribution >= 4 is 15.9 Å². The average Bonchev–Trinajstić information content (AvgIpc) is 2.30. The molecule has 2 heteroatoms. The molecule has 0 spiro atoms. The third kappa shape index (κ3) is 3.91. The second-order valence-electron chi connectivity index (χ2n) is 4.50. The van der Waals surface area contributed by atoms with Crippen molar-refractivity contribution in [3.8, 4) is 0 Å². The van der Waals surface area contributed by atoms with E-state index in [4.69, 9.17) is 0 Å². The summed E-state index contributed by atoms with van der Waals surface area (Å²) in [6.07, 6.45) is 9.19. The minimum atomic E-state index is 0.747. The molecule has 1 aliphatic rings. The number of rotatable bonds is 4. The summed E-state index contributed by atoms with van der Waals surface area (Å²) >= 11 is 3.49. The largest absolute Gasteiger partial charge is 0.313 e. The Morgan fingerprint density at radius 3 is 2.81 bits per heavy atom. The Morgan fingerprint density at radius 1 is 1.25 bits per heavy atom. The van der Waals surface area contributed by atoms with Crippen LogP contribution < -0.4 is 5.32 Å². The maximum Gasteiger partial charge on any atom is 0.0178 e. The fourth-order valence-electron chi connectivity index (χ4n) is 2.28. The van der Waals surface area contributed by atoms with Gasteiger partial charge >= 0.3 is 0 Å². The van der Waals surface area contributed by atoms with Gasteiger partial charge in [-0.2, -0.15) is 0 Å². The number of nitrogens with one attached hydrogen (secondary N) is 1. The molecule has 1 aromatic rings. The van der Waals surface area contributed by atoms with Crippen LogP contribution in [0.15, 0.2) is 28.7 Å². The SMILES string of the molecule is Brc1cccc([CH]CNC2CCCCC2)c1. The Morgan fingerprint density at radius 2 is 2.06 bits per heavy atom. The molecule has 1 nitrogen and oxygen atoms in total.